The van der Waals surface area contributed by atoms with Gasteiger partial charge < -0.3 is 10.1 Å². The Morgan fingerprint density at radius 1 is 1.17 bits per heavy atom. The van der Waals surface area contributed by atoms with Crippen molar-refractivity contribution in [1.29, 1.82) is 0 Å². The average molecular weight is 243 g/mol. The second-order valence-corrected chi connectivity index (χ2v) is 3.97. The molecule has 0 saturated carbocycles. The van der Waals surface area contributed by atoms with Crippen LogP contribution in [0.5, 0.6) is 0 Å². The zero-order valence-corrected chi connectivity index (χ0v) is 9.93. The van der Waals surface area contributed by atoms with Gasteiger partial charge in [-0.25, -0.2) is 4.79 Å². The van der Waals surface area contributed by atoms with Crippen LogP contribution in [0.15, 0.2) is 41.2 Å². The zero-order chi connectivity index (χ0) is 13.1. The van der Waals surface area contributed by atoms with Crippen molar-refractivity contribution < 1.29 is 9.90 Å². The summed E-state index contributed by atoms with van der Waals surface area (Å²) >= 11 is 0. The first kappa shape index (κ1) is 12.1. The molecule has 1 heterocycles. The number of hydrogen-bond donors (Lipinski definition) is 2. The van der Waals surface area contributed by atoms with Crippen molar-refractivity contribution in [3.8, 4) is 11.3 Å². The number of H-pyrrole nitrogens is 1. The van der Waals surface area contributed by atoms with Gasteiger partial charge in [0, 0.05) is 5.69 Å². The second kappa shape index (κ2) is 4.87. The van der Waals surface area contributed by atoms with E-state index in [-0.39, 0.29) is 5.56 Å². The van der Waals surface area contributed by atoms with Gasteiger partial charge in [0.25, 0.3) is 5.56 Å². The van der Waals surface area contributed by atoms with Crippen LogP contribution in [0.2, 0.25) is 0 Å². The number of benzene rings is 1. The van der Waals surface area contributed by atoms with E-state index >= 15 is 0 Å². The quantitative estimate of drug-likeness (QED) is 0.869. The van der Waals surface area contributed by atoms with Crippen molar-refractivity contribution in [2.24, 2.45) is 0 Å². The Hall–Kier alpha value is -2.36. The van der Waals surface area contributed by atoms with Gasteiger partial charge in [-0.3, -0.25) is 4.79 Å². The van der Waals surface area contributed by atoms with Crippen LogP contribution in [0.4, 0.5) is 0 Å². The fraction of sp³-hybridized carbons (Fsp3) is 0.143. The molecule has 2 rings (SSSR count). The topological polar surface area (TPSA) is 70.2 Å². The SMILES string of the molecule is CCc1ccc(-c2ccc(C(=O)O)c(=O)[nH]2)cc1. The third-order valence-corrected chi connectivity index (χ3v) is 2.81. The van der Waals surface area contributed by atoms with Crippen LogP contribution in [0.3, 0.4) is 0 Å². The lowest BCUT2D eigenvalue weighted by molar-refractivity contribution is 0.0695. The van der Waals surface area contributed by atoms with Crippen molar-refractivity contribution in [3.05, 3.63) is 57.9 Å². The van der Waals surface area contributed by atoms with Crippen LogP contribution >= 0.6 is 0 Å². The largest absolute Gasteiger partial charge is 0.477 e. The maximum absolute atomic E-state index is 11.5. The third-order valence-electron chi connectivity index (χ3n) is 2.81. The number of carbonyl (C=O) groups is 1. The molecular formula is C14H13NO3. The van der Waals surface area contributed by atoms with Gasteiger partial charge in [-0.2, -0.15) is 0 Å². The van der Waals surface area contributed by atoms with Crippen molar-refractivity contribution in [1.82, 2.24) is 4.98 Å². The predicted molar refractivity (Wildman–Crippen MR) is 68.8 cm³/mol. The van der Waals surface area contributed by atoms with Gasteiger partial charge in [0.1, 0.15) is 5.56 Å². The van der Waals surface area contributed by atoms with Crippen LogP contribution in [0.1, 0.15) is 22.8 Å². The first-order valence-electron chi connectivity index (χ1n) is 5.67. The number of aromatic nitrogens is 1. The molecule has 2 aromatic rings. The molecule has 0 aliphatic rings. The Labute approximate surface area is 104 Å². The van der Waals surface area contributed by atoms with Gasteiger partial charge in [-0.05, 0) is 29.7 Å². The highest BCUT2D eigenvalue weighted by Gasteiger charge is 2.09. The molecule has 1 aromatic carbocycles. The van der Waals surface area contributed by atoms with Gasteiger partial charge >= 0.3 is 5.97 Å². The van der Waals surface area contributed by atoms with E-state index in [0.29, 0.717) is 5.69 Å². The smallest absolute Gasteiger partial charge is 0.341 e. The van der Waals surface area contributed by atoms with E-state index in [0.717, 1.165) is 12.0 Å². The maximum atomic E-state index is 11.5. The molecule has 92 valence electrons. The zero-order valence-electron chi connectivity index (χ0n) is 9.93. The summed E-state index contributed by atoms with van der Waals surface area (Å²) in [5, 5.41) is 8.78. The Balaban J connectivity index is 2.42. The van der Waals surface area contributed by atoms with Gasteiger partial charge in [0.2, 0.25) is 0 Å². The lowest BCUT2D eigenvalue weighted by Gasteiger charge is -2.03. The molecule has 0 saturated heterocycles. The molecule has 0 amide bonds. The van der Waals surface area contributed by atoms with Crippen molar-refractivity contribution >= 4 is 5.97 Å². The van der Waals surface area contributed by atoms with Crippen LogP contribution in [-0.2, 0) is 6.42 Å². The minimum Gasteiger partial charge on any atom is -0.477 e. The lowest BCUT2D eigenvalue weighted by atomic mass is 10.1. The average Bonchev–Trinajstić information content (AvgIpc) is 2.38. The summed E-state index contributed by atoms with van der Waals surface area (Å²) in [5.41, 5.74) is 1.86. The number of hydrogen-bond acceptors (Lipinski definition) is 2. The monoisotopic (exact) mass is 243 g/mol. The number of aryl methyl sites for hydroxylation is 1. The van der Waals surface area contributed by atoms with Crippen molar-refractivity contribution in [3.63, 3.8) is 0 Å². The summed E-state index contributed by atoms with van der Waals surface area (Å²) in [6.07, 6.45) is 0.953. The minimum absolute atomic E-state index is 0.246. The summed E-state index contributed by atoms with van der Waals surface area (Å²) in [4.78, 5) is 24.8. The number of aromatic amines is 1. The van der Waals surface area contributed by atoms with Crippen molar-refractivity contribution in [2.75, 3.05) is 0 Å². The summed E-state index contributed by atoms with van der Waals surface area (Å²) < 4.78 is 0. The van der Waals surface area contributed by atoms with Crippen LogP contribution in [-0.4, -0.2) is 16.1 Å². The highest BCUT2D eigenvalue weighted by molar-refractivity contribution is 5.87. The molecule has 18 heavy (non-hydrogen) atoms. The number of carboxylic acids is 1. The Kier molecular flexibility index (Phi) is 3.28. The molecular weight excluding hydrogens is 230 g/mol. The normalized spacial score (nSPS) is 10.3. The van der Waals surface area contributed by atoms with E-state index < -0.39 is 11.5 Å². The molecule has 0 unspecified atom stereocenters. The fourth-order valence-corrected chi connectivity index (χ4v) is 1.73. The van der Waals surface area contributed by atoms with Crippen molar-refractivity contribution in [2.45, 2.75) is 13.3 Å². The Bertz CT molecular complexity index is 626. The van der Waals surface area contributed by atoms with Crippen LogP contribution < -0.4 is 5.56 Å². The van der Waals surface area contributed by atoms with Gasteiger partial charge in [0.15, 0.2) is 0 Å². The number of rotatable bonds is 3. The highest BCUT2D eigenvalue weighted by atomic mass is 16.4. The molecule has 2 N–H and O–H groups in total. The first-order chi connectivity index (χ1) is 8.61. The third kappa shape index (κ3) is 2.32. The summed E-state index contributed by atoms with van der Waals surface area (Å²) in [6.45, 7) is 2.07. The van der Waals surface area contributed by atoms with Gasteiger partial charge in [0.05, 0.1) is 0 Å². The first-order valence-corrected chi connectivity index (χ1v) is 5.67. The molecule has 4 heteroatoms. The van der Waals surface area contributed by atoms with E-state index in [1.54, 1.807) is 6.07 Å². The highest BCUT2D eigenvalue weighted by Crippen LogP contribution is 2.16. The van der Waals surface area contributed by atoms with E-state index in [9.17, 15) is 9.59 Å². The second-order valence-electron chi connectivity index (χ2n) is 3.97. The van der Waals surface area contributed by atoms with E-state index in [1.807, 2.05) is 24.3 Å². The molecule has 0 atom stereocenters. The number of carboxylic acid groups (broad SMARTS) is 1. The Morgan fingerprint density at radius 2 is 1.83 bits per heavy atom. The molecule has 0 aliphatic carbocycles. The summed E-state index contributed by atoms with van der Waals surface area (Å²) in [5.74, 6) is -1.22. The Morgan fingerprint density at radius 3 is 2.33 bits per heavy atom. The molecule has 0 aliphatic heterocycles. The van der Waals surface area contributed by atoms with Gasteiger partial charge in [-0.15, -0.1) is 0 Å². The van der Waals surface area contributed by atoms with Crippen LogP contribution in [0.25, 0.3) is 11.3 Å². The van der Waals surface area contributed by atoms with E-state index in [1.165, 1.54) is 11.6 Å². The summed E-state index contributed by atoms with van der Waals surface area (Å²) in [7, 11) is 0. The standard InChI is InChI=1S/C14H13NO3/c1-2-9-3-5-10(6-4-9)12-8-7-11(14(17)18)13(16)15-12/h3-8H,2H2,1H3,(H,15,16)(H,17,18). The molecule has 0 fully saturated rings. The molecule has 1 aromatic heterocycles. The molecule has 0 bridgehead atoms. The van der Waals surface area contributed by atoms with E-state index in [2.05, 4.69) is 11.9 Å². The number of aromatic carboxylic acids is 1. The fourth-order valence-electron chi connectivity index (χ4n) is 1.73. The molecule has 0 radical (unpaired) electrons. The summed E-state index contributed by atoms with van der Waals surface area (Å²) in [6, 6.07) is 10.7. The van der Waals surface area contributed by atoms with Crippen LogP contribution in [0, 0.1) is 0 Å². The lowest BCUT2D eigenvalue weighted by Crippen LogP contribution is -2.17. The number of nitrogens with one attached hydrogen (secondary N) is 1. The maximum Gasteiger partial charge on any atom is 0.341 e. The van der Waals surface area contributed by atoms with Gasteiger partial charge in [-0.1, -0.05) is 31.2 Å². The molecule has 0 spiro atoms. The predicted octanol–water partition coefficient (Wildman–Crippen LogP) is 2.30. The van der Waals surface area contributed by atoms with E-state index in [4.69, 9.17) is 5.11 Å². The molecule has 4 nitrogen and oxygen atoms in total. The minimum atomic E-state index is -1.22. The number of pyridine rings is 1.